The summed E-state index contributed by atoms with van der Waals surface area (Å²) in [6.07, 6.45) is 10.6. The van der Waals surface area contributed by atoms with Crippen molar-refractivity contribution in [1.82, 2.24) is 0 Å². The second-order valence-electron chi connectivity index (χ2n) is 4.69. The molecule has 0 amide bonds. The van der Waals surface area contributed by atoms with E-state index in [2.05, 4.69) is 0 Å². The first-order valence-corrected chi connectivity index (χ1v) is 5.11. The summed E-state index contributed by atoms with van der Waals surface area (Å²) >= 11 is 0. The summed E-state index contributed by atoms with van der Waals surface area (Å²) in [6, 6.07) is 0. The molecule has 0 nitrogen and oxygen atoms in total. The molecule has 2 fully saturated rings. The van der Waals surface area contributed by atoms with Crippen molar-refractivity contribution in [3.63, 3.8) is 0 Å². The Bertz CT molecular complexity index is 174. The van der Waals surface area contributed by atoms with Crippen LogP contribution in [0.3, 0.4) is 0 Å². The Hall–Kier alpha value is -0.260. The largest absolute Gasteiger partial charge is 0.0704 e. The van der Waals surface area contributed by atoms with E-state index in [1.54, 1.807) is 0 Å². The third kappa shape index (κ3) is 0.881. The molecule has 0 radical (unpaired) electrons. The van der Waals surface area contributed by atoms with Gasteiger partial charge in [0.2, 0.25) is 0 Å². The summed E-state index contributed by atoms with van der Waals surface area (Å²) < 4.78 is 0. The molecule has 4 rings (SSSR count). The normalized spacial score (nSPS) is 41.5. The van der Waals surface area contributed by atoms with Gasteiger partial charge in [-0.15, -0.1) is 0 Å². The number of hydrogen-bond acceptors (Lipinski definition) is 0. The summed E-state index contributed by atoms with van der Waals surface area (Å²) in [5.74, 6) is 2.17. The topological polar surface area (TPSA) is 0 Å². The maximum Gasteiger partial charge on any atom is -0.0286 e. The van der Waals surface area contributed by atoms with Crippen molar-refractivity contribution in [1.29, 1.82) is 0 Å². The van der Waals surface area contributed by atoms with Crippen LogP contribution in [0.1, 0.15) is 44.9 Å². The Labute approximate surface area is 68.7 Å². The lowest BCUT2D eigenvalue weighted by atomic mass is 9.85. The summed E-state index contributed by atoms with van der Waals surface area (Å²) in [4.78, 5) is 0. The zero-order valence-corrected chi connectivity index (χ0v) is 7.10. The molecule has 0 aliphatic heterocycles. The van der Waals surface area contributed by atoms with Crippen molar-refractivity contribution in [2.75, 3.05) is 0 Å². The van der Waals surface area contributed by atoms with Gasteiger partial charge in [0, 0.05) is 0 Å². The fourth-order valence-corrected chi connectivity index (χ4v) is 3.39. The van der Waals surface area contributed by atoms with Gasteiger partial charge < -0.3 is 0 Å². The predicted octanol–water partition coefficient (Wildman–Crippen LogP) is 3.29. The molecule has 0 aromatic rings. The molecule has 0 heterocycles. The van der Waals surface area contributed by atoms with Crippen LogP contribution in [0.4, 0.5) is 0 Å². The quantitative estimate of drug-likeness (QED) is 0.462. The van der Waals surface area contributed by atoms with Crippen molar-refractivity contribution >= 4 is 0 Å². The van der Waals surface area contributed by atoms with E-state index in [-0.39, 0.29) is 0 Å². The molecule has 0 atom stereocenters. The van der Waals surface area contributed by atoms with Crippen molar-refractivity contribution in [2.45, 2.75) is 44.9 Å². The molecule has 0 aromatic heterocycles. The zero-order valence-electron chi connectivity index (χ0n) is 7.10. The monoisotopic (exact) mass is 148 g/mol. The Morgan fingerprint density at radius 2 is 1.18 bits per heavy atom. The van der Waals surface area contributed by atoms with E-state index in [4.69, 9.17) is 0 Å². The first kappa shape index (κ1) is 6.28. The molecule has 0 saturated heterocycles. The van der Waals surface area contributed by atoms with Crippen LogP contribution in [0.2, 0.25) is 0 Å². The van der Waals surface area contributed by atoms with E-state index in [1.165, 1.54) is 44.9 Å². The third-order valence-corrected chi connectivity index (χ3v) is 3.87. The predicted molar refractivity (Wildman–Crippen MR) is 46.3 cm³/mol. The average Bonchev–Trinajstić information content (AvgIpc) is 2.33. The maximum atomic E-state index is 1.89. The number of hydrogen-bond donors (Lipinski definition) is 0. The van der Waals surface area contributed by atoms with Crippen LogP contribution in [-0.2, 0) is 0 Å². The van der Waals surface area contributed by atoms with Gasteiger partial charge in [0.05, 0.1) is 0 Å². The van der Waals surface area contributed by atoms with Crippen LogP contribution < -0.4 is 0 Å². The van der Waals surface area contributed by atoms with Crippen molar-refractivity contribution in [3.8, 4) is 0 Å². The van der Waals surface area contributed by atoms with E-state index < -0.39 is 0 Å². The number of allylic oxidation sites excluding steroid dienone is 2. The molecule has 4 aliphatic carbocycles. The van der Waals surface area contributed by atoms with Gasteiger partial charge in [-0.2, -0.15) is 0 Å². The molecule has 0 heteroatoms. The zero-order chi connectivity index (χ0) is 7.26. The highest BCUT2D eigenvalue weighted by atomic mass is 14.4. The first-order chi connectivity index (χ1) is 5.42. The van der Waals surface area contributed by atoms with Gasteiger partial charge in [-0.05, 0) is 50.4 Å². The molecule has 2 saturated carbocycles. The third-order valence-electron chi connectivity index (χ3n) is 3.87. The van der Waals surface area contributed by atoms with Crippen LogP contribution in [-0.4, -0.2) is 0 Å². The molecule has 11 heavy (non-hydrogen) atoms. The maximum absolute atomic E-state index is 1.89. The van der Waals surface area contributed by atoms with E-state index in [0.717, 1.165) is 11.8 Å². The molecule has 4 bridgehead atoms. The molecule has 0 spiro atoms. The Balaban J connectivity index is 1.92. The van der Waals surface area contributed by atoms with Crippen LogP contribution in [0.5, 0.6) is 0 Å². The van der Waals surface area contributed by atoms with Crippen LogP contribution >= 0.6 is 0 Å². The van der Waals surface area contributed by atoms with E-state index in [9.17, 15) is 0 Å². The number of rotatable bonds is 0. The summed E-state index contributed by atoms with van der Waals surface area (Å²) in [7, 11) is 0. The molecule has 0 aromatic carbocycles. The smallest absolute Gasteiger partial charge is 0.0286 e. The molecule has 0 N–H and O–H groups in total. The van der Waals surface area contributed by atoms with Crippen molar-refractivity contribution in [2.24, 2.45) is 11.8 Å². The van der Waals surface area contributed by atoms with Gasteiger partial charge >= 0.3 is 0 Å². The average molecular weight is 148 g/mol. The van der Waals surface area contributed by atoms with Crippen LogP contribution in [0.15, 0.2) is 11.1 Å². The van der Waals surface area contributed by atoms with E-state index >= 15 is 0 Å². The lowest BCUT2D eigenvalue weighted by Gasteiger charge is -2.20. The fraction of sp³-hybridized carbons (Fsp3) is 0.818. The van der Waals surface area contributed by atoms with Crippen LogP contribution in [0.25, 0.3) is 0 Å². The Morgan fingerprint density at radius 1 is 0.727 bits per heavy atom. The van der Waals surface area contributed by atoms with Gasteiger partial charge in [-0.25, -0.2) is 0 Å². The molecule has 60 valence electrons. The minimum Gasteiger partial charge on any atom is -0.0704 e. The van der Waals surface area contributed by atoms with Gasteiger partial charge in [0.25, 0.3) is 0 Å². The standard InChI is InChI=1S/C11H16/c1-2-8-4-10-6-9(3-1)7-11(10)5-8/h8-9H,1-7H2. The second-order valence-corrected chi connectivity index (χ2v) is 4.69. The highest BCUT2D eigenvalue weighted by Gasteiger charge is 2.33. The molecular formula is C11H16. The van der Waals surface area contributed by atoms with E-state index in [0.29, 0.717) is 0 Å². The Morgan fingerprint density at radius 3 is 1.64 bits per heavy atom. The summed E-state index contributed by atoms with van der Waals surface area (Å²) in [5.41, 5.74) is 3.78. The number of fused-ring (bicyclic) bond motifs is 2. The molecule has 0 unspecified atom stereocenters. The van der Waals surface area contributed by atoms with E-state index in [1.807, 2.05) is 11.1 Å². The lowest BCUT2D eigenvalue weighted by Crippen LogP contribution is -2.07. The van der Waals surface area contributed by atoms with Crippen molar-refractivity contribution < 1.29 is 0 Å². The Kier molecular flexibility index (Phi) is 1.21. The lowest BCUT2D eigenvalue weighted by molar-refractivity contribution is 0.367. The van der Waals surface area contributed by atoms with Crippen LogP contribution in [0, 0.1) is 11.8 Å². The first-order valence-electron chi connectivity index (χ1n) is 5.11. The summed E-state index contributed by atoms with van der Waals surface area (Å²) in [5, 5.41) is 0. The fourth-order valence-electron chi connectivity index (χ4n) is 3.39. The van der Waals surface area contributed by atoms with Gasteiger partial charge in [-0.3, -0.25) is 0 Å². The van der Waals surface area contributed by atoms with Gasteiger partial charge in [0.1, 0.15) is 0 Å². The highest BCUT2D eigenvalue weighted by Crippen LogP contribution is 2.49. The SMILES string of the molecule is C1CC2CC3=C(C2)CC(C1)C3. The highest BCUT2D eigenvalue weighted by molar-refractivity contribution is 5.27. The molecular weight excluding hydrogens is 132 g/mol. The minimum atomic E-state index is 1.08. The van der Waals surface area contributed by atoms with Crippen molar-refractivity contribution in [3.05, 3.63) is 11.1 Å². The molecule has 4 aliphatic rings. The van der Waals surface area contributed by atoms with Gasteiger partial charge in [0.15, 0.2) is 0 Å². The van der Waals surface area contributed by atoms with Gasteiger partial charge in [-0.1, -0.05) is 17.6 Å². The second kappa shape index (κ2) is 2.12. The minimum absolute atomic E-state index is 1.08. The summed E-state index contributed by atoms with van der Waals surface area (Å²) in [6.45, 7) is 0.